The van der Waals surface area contributed by atoms with E-state index >= 15 is 0 Å². The first kappa shape index (κ1) is 25.9. The largest absolute Gasteiger partial charge is 0.493 e. The molecule has 10 heteroatoms. The van der Waals surface area contributed by atoms with Gasteiger partial charge in [0.25, 0.3) is 5.91 Å². The fourth-order valence-corrected chi connectivity index (χ4v) is 4.40. The second-order valence-electron chi connectivity index (χ2n) is 7.07. The predicted molar refractivity (Wildman–Crippen MR) is 137 cm³/mol. The van der Waals surface area contributed by atoms with Crippen molar-refractivity contribution in [1.29, 1.82) is 0 Å². The number of nitrogens with two attached hydrogens (primary N) is 1. The van der Waals surface area contributed by atoms with E-state index in [-0.39, 0.29) is 23.9 Å². The number of ketones is 1. The van der Waals surface area contributed by atoms with E-state index in [1.807, 2.05) is 6.07 Å². The van der Waals surface area contributed by atoms with Crippen LogP contribution in [0.5, 0.6) is 11.5 Å². The lowest BCUT2D eigenvalue weighted by Crippen LogP contribution is -2.28. The van der Waals surface area contributed by atoms with Gasteiger partial charge in [0.1, 0.15) is 0 Å². The lowest BCUT2D eigenvalue weighted by atomic mass is 10.1. The monoisotopic (exact) mass is 538 g/mol. The Morgan fingerprint density at radius 2 is 1.85 bits per heavy atom. The fourth-order valence-electron chi connectivity index (χ4n) is 2.95. The van der Waals surface area contributed by atoms with Crippen molar-refractivity contribution in [3.8, 4) is 11.5 Å². The molecule has 0 atom stereocenters. The first-order chi connectivity index (χ1) is 16.3. The second-order valence-corrected chi connectivity index (χ2v) is 9.63. The van der Waals surface area contributed by atoms with Gasteiger partial charge in [0.05, 0.1) is 29.5 Å². The molecule has 1 heterocycles. The second kappa shape index (κ2) is 12.1. The number of amides is 1. The maximum Gasteiger partial charge on any atom is 0.251 e. The van der Waals surface area contributed by atoms with Gasteiger partial charge in [0, 0.05) is 33.8 Å². The van der Waals surface area contributed by atoms with Gasteiger partial charge < -0.3 is 20.5 Å². The summed E-state index contributed by atoms with van der Waals surface area (Å²) in [6, 6.07) is 13.4. The SMILES string of the molecule is COc1ccc(C(=O)NC/C(N)=C/C(=O)c2ccc(Cl)s2)cc1OCCc1ccc(Cl)cc1Cl. The number of methoxy groups -OCH3 is 1. The molecule has 0 spiro atoms. The van der Waals surface area contributed by atoms with E-state index in [2.05, 4.69) is 5.32 Å². The van der Waals surface area contributed by atoms with Gasteiger partial charge in [-0.3, -0.25) is 9.59 Å². The third kappa shape index (κ3) is 7.14. The normalized spacial score (nSPS) is 11.2. The average molecular weight is 540 g/mol. The number of hydrogen-bond donors (Lipinski definition) is 2. The van der Waals surface area contributed by atoms with Gasteiger partial charge in [0.15, 0.2) is 17.3 Å². The number of thiophene rings is 1. The number of carbonyl (C=O) groups is 2. The van der Waals surface area contributed by atoms with Crippen molar-refractivity contribution in [2.75, 3.05) is 20.3 Å². The summed E-state index contributed by atoms with van der Waals surface area (Å²) in [6.45, 7) is 0.314. The molecule has 3 rings (SSSR count). The molecule has 0 aliphatic carbocycles. The fraction of sp³-hybridized carbons (Fsp3) is 0.167. The van der Waals surface area contributed by atoms with Crippen molar-refractivity contribution < 1.29 is 19.1 Å². The van der Waals surface area contributed by atoms with Crippen LogP contribution in [0.3, 0.4) is 0 Å². The van der Waals surface area contributed by atoms with Crippen LogP contribution in [0.25, 0.3) is 0 Å². The van der Waals surface area contributed by atoms with Crippen LogP contribution >= 0.6 is 46.1 Å². The average Bonchev–Trinajstić information content (AvgIpc) is 3.25. The molecule has 1 amide bonds. The van der Waals surface area contributed by atoms with Crippen LogP contribution in [0.15, 0.2) is 60.3 Å². The molecular formula is C24H21Cl3N2O4S. The van der Waals surface area contributed by atoms with Gasteiger partial charge in [-0.05, 0) is 48.0 Å². The Bertz CT molecular complexity index is 1230. The van der Waals surface area contributed by atoms with Crippen molar-refractivity contribution in [2.24, 2.45) is 5.73 Å². The van der Waals surface area contributed by atoms with Gasteiger partial charge >= 0.3 is 0 Å². The van der Waals surface area contributed by atoms with Crippen LogP contribution in [0, 0.1) is 0 Å². The molecule has 0 radical (unpaired) electrons. The van der Waals surface area contributed by atoms with Crippen molar-refractivity contribution in [3.63, 3.8) is 0 Å². The Balaban J connectivity index is 1.60. The minimum atomic E-state index is -0.379. The van der Waals surface area contributed by atoms with Gasteiger partial charge in [0.2, 0.25) is 0 Å². The van der Waals surface area contributed by atoms with Gasteiger partial charge in [-0.2, -0.15) is 0 Å². The van der Waals surface area contributed by atoms with Crippen molar-refractivity contribution in [3.05, 3.63) is 90.7 Å². The number of ether oxygens (including phenoxy) is 2. The molecule has 34 heavy (non-hydrogen) atoms. The van der Waals surface area contributed by atoms with Gasteiger partial charge in [-0.25, -0.2) is 0 Å². The maximum absolute atomic E-state index is 12.6. The Hall–Kier alpha value is -2.71. The third-order valence-corrected chi connectivity index (χ3v) is 6.49. The molecule has 2 aromatic carbocycles. The highest BCUT2D eigenvalue weighted by atomic mass is 35.5. The zero-order valence-electron chi connectivity index (χ0n) is 18.1. The van der Waals surface area contributed by atoms with Crippen LogP contribution in [-0.4, -0.2) is 32.0 Å². The van der Waals surface area contributed by atoms with E-state index in [4.69, 9.17) is 50.0 Å². The molecule has 0 bridgehead atoms. The summed E-state index contributed by atoms with van der Waals surface area (Å²) in [5.41, 5.74) is 7.35. The number of rotatable bonds is 10. The standard InChI is InChI=1S/C24H21Cl3N2O4S/c1-32-20-5-3-15(10-21(20)33-9-8-14-2-4-16(25)11-18(14)26)24(31)29-13-17(28)12-19(30)22-6-7-23(27)34-22/h2-7,10-12H,8-9,13,28H2,1H3,(H,29,31)/b17-12-. The molecule has 178 valence electrons. The van der Waals surface area contributed by atoms with Gasteiger partial charge in [-0.1, -0.05) is 40.9 Å². The molecule has 0 unspecified atom stereocenters. The van der Waals surface area contributed by atoms with Crippen LogP contribution in [0.1, 0.15) is 25.6 Å². The summed E-state index contributed by atoms with van der Waals surface area (Å²) >= 11 is 19.1. The first-order valence-corrected chi connectivity index (χ1v) is 12.0. The van der Waals surface area contributed by atoms with E-state index in [9.17, 15) is 9.59 Å². The van der Waals surface area contributed by atoms with Crippen LogP contribution in [-0.2, 0) is 6.42 Å². The van der Waals surface area contributed by atoms with E-state index in [1.54, 1.807) is 42.5 Å². The highest BCUT2D eigenvalue weighted by molar-refractivity contribution is 7.18. The summed E-state index contributed by atoms with van der Waals surface area (Å²) in [5, 5.41) is 3.81. The summed E-state index contributed by atoms with van der Waals surface area (Å²) in [7, 11) is 1.52. The lowest BCUT2D eigenvalue weighted by Gasteiger charge is -2.13. The summed E-state index contributed by atoms with van der Waals surface area (Å²) in [4.78, 5) is 25.3. The molecule has 3 aromatic rings. The molecule has 6 nitrogen and oxygen atoms in total. The van der Waals surface area contributed by atoms with E-state index in [0.29, 0.717) is 49.3 Å². The number of carbonyl (C=O) groups excluding carboxylic acids is 2. The topological polar surface area (TPSA) is 90.6 Å². The molecule has 0 aliphatic heterocycles. The number of halogens is 3. The Morgan fingerprint density at radius 1 is 1.06 bits per heavy atom. The quantitative estimate of drug-likeness (QED) is 0.251. The predicted octanol–water partition coefficient (Wildman–Crippen LogP) is 5.79. The molecule has 3 N–H and O–H groups in total. The molecule has 0 aliphatic rings. The highest BCUT2D eigenvalue weighted by Gasteiger charge is 2.13. The zero-order chi connectivity index (χ0) is 24.7. The van der Waals surface area contributed by atoms with E-state index in [1.165, 1.54) is 13.2 Å². The summed E-state index contributed by atoms with van der Waals surface area (Å²) in [6.07, 6.45) is 1.81. The Labute approximate surface area is 216 Å². The van der Waals surface area contributed by atoms with Crippen LogP contribution < -0.4 is 20.5 Å². The van der Waals surface area contributed by atoms with Crippen molar-refractivity contribution >= 4 is 57.8 Å². The van der Waals surface area contributed by atoms with Crippen molar-refractivity contribution in [1.82, 2.24) is 5.32 Å². The number of allylic oxidation sites excluding steroid dienone is 1. The smallest absolute Gasteiger partial charge is 0.251 e. The Kier molecular flexibility index (Phi) is 9.24. The van der Waals surface area contributed by atoms with Gasteiger partial charge in [-0.15, -0.1) is 11.3 Å². The minimum absolute atomic E-state index is 0.000959. The van der Waals surface area contributed by atoms with Crippen LogP contribution in [0.4, 0.5) is 0 Å². The number of nitrogens with one attached hydrogen (secondary N) is 1. The maximum atomic E-state index is 12.6. The summed E-state index contributed by atoms with van der Waals surface area (Å²) in [5.74, 6) is 0.243. The third-order valence-electron chi connectivity index (χ3n) is 4.66. The first-order valence-electron chi connectivity index (χ1n) is 10.1. The van der Waals surface area contributed by atoms with Crippen LogP contribution in [0.2, 0.25) is 14.4 Å². The molecular weight excluding hydrogens is 519 g/mol. The Morgan fingerprint density at radius 3 is 2.53 bits per heavy atom. The molecule has 0 saturated carbocycles. The minimum Gasteiger partial charge on any atom is -0.493 e. The molecule has 0 saturated heterocycles. The zero-order valence-corrected chi connectivity index (χ0v) is 21.2. The molecule has 0 fully saturated rings. The number of benzene rings is 2. The lowest BCUT2D eigenvalue weighted by molar-refractivity contribution is 0.0954. The number of hydrogen-bond acceptors (Lipinski definition) is 6. The highest BCUT2D eigenvalue weighted by Crippen LogP contribution is 2.29. The van der Waals surface area contributed by atoms with Crippen molar-refractivity contribution in [2.45, 2.75) is 6.42 Å². The molecule has 1 aromatic heterocycles. The van der Waals surface area contributed by atoms with E-state index < -0.39 is 0 Å². The summed E-state index contributed by atoms with van der Waals surface area (Å²) < 4.78 is 11.7. The van der Waals surface area contributed by atoms with E-state index in [0.717, 1.165) is 16.9 Å².